The largest absolute Gasteiger partial charge is 0.369 e. The summed E-state index contributed by atoms with van der Waals surface area (Å²) in [5.41, 5.74) is 4.51. The molecule has 2 aromatic carbocycles. The molecule has 184 valence electrons. The van der Waals surface area contributed by atoms with E-state index >= 15 is 0 Å². The van der Waals surface area contributed by atoms with Crippen molar-refractivity contribution in [2.75, 3.05) is 42.7 Å². The van der Waals surface area contributed by atoms with Crippen LogP contribution in [0.25, 0.3) is 16.9 Å². The molecule has 1 saturated heterocycles. The average molecular weight is 486 g/mol. The lowest BCUT2D eigenvalue weighted by Gasteiger charge is -2.29. The van der Waals surface area contributed by atoms with Gasteiger partial charge < -0.3 is 20.4 Å². The summed E-state index contributed by atoms with van der Waals surface area (Å²) in [6.45, 7) is 5.59. The van der Waals surface area contributed by atoms with Crippen LogP contribution in [0.4, 0.5) is 27.3 Å². The number of benzene rings is 2. The number of nitrogens with zero attached hydrogens (tertiary/aromatic N) is 5. The number of carbonyl (C=O) groups excluding carboxylic acids is 1. The fourth-order valence-corrected chi connectivity index (χ4v) is 4.59. The second-order valence-corrected chi connectivity index (χ2v) is 9.02. The number of aromatic nitrogens is 3. The molecule has 36 heavy (non-hydrogen) atoms. The van der Waals surface area contributed by atoms with E-state index in [1.807, 2.05) is 34.9 Å². The van der Waals surface area contributed by atoms with E-state index in [0.29, 0.717) is 23.2 Å². The smallest absolute Gasteiger partial charge is 0.247 e. The van der Waals surface area contributed by atoms with Crippen molar-refractivity contribution in [3.63, 3.8) is 0 Å². The quantitative estimate of drug-likeness (QED) is 0.374. The van der Waals surface area contributed by atoms with E-state index in [0.717, 1.165) is 42.1 Å². The summed E-state index contributed by atoms with van der Waals surface area (Å²) in [6.07, 6.45) is 7.49. The highest BCUT2D eigenvalue weighted by Crippen LogP contribution is 2.33. The Bertz CT molecular complexity index is 1430. The third-order valence-electron chi connectivity index (χ3n) is 6.52. The van der Waals surface area contributed by atoms with Crippen molar-refractivity contribution >= 4 is 34.4 Å². The highest BCUT2D eigenvalue weighted by Gasteiger charge is 2.25. The monoisotopic (exact) mass is 485 g/mol. The van der Waals surface area contributed by atoms with Crippen LogP contribution in [-0.4, -0.2) is 58.4 Å². The van der Waals surface area contributed by atoms with Crippen LogP contribution in [-0.2, 0) is 4.79 Å². The van der Waals surface area contributed by atoms with Crippen molar-refractivity contribution < 1.29 is 9.18 Å². The van der Waals surface area contributed by atoms with E-state index in [1.54, 1.807) is 18.5 Å². The fourth-order valence-electron chi connectivity index (χ4n) is 4.59. The van der Waals surface area contributed by atoms with Gasteiger partial charge in [-0.3, -0.25) is 9.20 Å². The van der Waals surface area contributed by atoms with Crippen molar-refractivity contribution in [2.24, 2.45) is 0 Å². The normalized spacial score (nSPS) is 15.7. The van der Waals surface area contributed by atoms with Crippen LogP contribution in [0.15, 0.2) is 73.7 Å². The number of fused-ring (bicyclic) bond motifs is 1. The summed E-state index contributed by atoms with van der Waals surface area (Å²) in [5, 5.41) is 6.25. The minimum absolute atomic E-state index is 0.275. The molecule has 0 aliphatic carbocycles. The number of halogens is 1. The van der Waals surface area contributed by atoms with Gasteiger partial charge in [0.1, 0.15) is 11.6 Å². The van der Waals surface area contributed by atoms with Crippen LogP contribution in [0.1, 0.15) is 6.42 Å². The molecular formula is C27H28FN7O. The van der Waals surface area contributed by atoms with Crippen LogP contribution in [0.3, 0.4) is 0 Å². The first-order valence-corrected chi connectivity index (χ1v) is 11.8. The number of hydrogen-bond donors (Lipinski definition) is 2. The Labute approximate surface area is 209 Å². The number of likely N-dealkylation sites (N-methyl/N-ethyl adjacent to an activating group) is 2. The maximum absolute atomic E-state index is 13.8. The summed E-state index contributed by atoms with van der Waals surface area (Å²) >= 11 is 0. The Morgan fingerprint density at radius 2 is 2.08 bits per heavy atom. The first-order valence-electron chi connectivity index (χ1n) is 11.8. The molecule has 4 aromatic rings. The van der Waals surface area contributed by atoms with E-state index in [9.17, 15) is 9.18 Å². The second kappa shape index (κ2) is 9.79. The van der Waals surface area contributed by atoms with Gasteiger partial charge in [-0.1, -0.05) is 18.7 Å². The third kappa shape index (κ3) is 4.78. The number of carbonyl (C=O) groups is 1. The lowest BCUT2D eigenvalue weighted by Crippen LogP contribution is -2.34. The Morgan fingerprint density at radius 1 is 1.22 bits per heavy atom. The predicted octanol–water partition coefficient (Wildman–Crippen LogP) is 4.54. The molecule has 1 aliphatic rings. The molecule has 1 amide bonds. The Morgan fingerprint density at radius 3 is 2.83 bits per heavy atom. The van der Waals surface area contributed by atoms with Crippen molar-refractivity contribution in [3.05, 3.63) is 79.5 Å². The third-order valence-corrected chi connectivity index (χ3v) is 6.52. The highest BCUT2D eigenvalue weighted by molar-refractivity contribution is 6.01. The van der Waals surface area contributed by atoms with Crippen LogP contribution < -0.4 is 15.5 Å². The SMILES string of the molecule is C=CC(=O)Nc1cc(Nc2cn3c(-c4cccc(F)c4)cnc3cn2)ccc1N(C)C1CCN(C)C1. The van der Waals surface area contributed by atoms with Crippen LogP contribution in [0, 0.1) is 5.82 Å². The lowest BCUT2D eigenvalue weighted by atomic mass is 10.1. The van der Waals surface area contributed by atoms with Crippen LogP contribution in [0.2, 0.25) is 0 Å². The molecule has 0 spiro atoms. The van der Waals surface area contributed by atoms with Gasteiger partial charge in [0.2, 0.25) is 5.91 Å². The number of rotatable bonds is 7. The number of nitrogens with one attached hydrogen (secondary N) is 2. The molecule has 9 heteroatoms. The number of anilines is 4. The molecule has 1 aliphatic heterocycles. The van der Waals surface area contributed by atoms with Crippen molar-refractivity contribution in [2.45, 2.75) is 12.5 Å². The van der Waals surface area contributed by atoms with Gasteiger partial charge in [0.15, 0.2) is 5.65 Å². The van der Waals surface area contributed by atoms with E-state index in [1.165, 1.54) is 18.2 Å². The Hall–Kier alpha value is -4.24. The van der Waals surface area contributed by atoms with Crippen molar-refractivity contribution in [3.8, 4) is 11.3 Å². The van der Waals surface area contributed by atoms with Crippen LogP contribution in [0.5, 0.6) is 0 Å². The number of likely N-dealkylation sites (tertiary alicyclic amines) is 1. The van der Waals surface area contributed by atoms with Crippen molar-refractivity contribution in [1.82, 2.24) is 19.3 Å². The molecule has 5 rings (SSSR count). The number of hydrogen-bond acceptors (Lipinski definition) is 6. The second-order valence-electron chi connectivity index (χ2n) is 9.02. The van der Waals surface area contributed by atoms with Gasteiger partial charge in [-0.25, -0.2) is 14.4 Å². The summed E-state index contributed by atoms with van der Waals surface area (Å²) in [4.78, 5) is 25.6. The summed E-state index contributed by atoms with van der Waals surface area (Å²) in [5.74, 6) is -0.000954. The molecule has 0 radical (unpaired) electrons. The molecule has 1 unspecified atom stereocenters. The molecule has 1 fully saturated rings. The molecule has 8 nitrogen and oxygen atoms in total. The molecule has 3 heterocycles. The lowest BCUT2D eigenvalue weighted by molar-refractivity contribution is -0.111. The summed E-state index contributed by atoms with van der Waals surface area (Å²) in [6, 6.07) is 12.6. The number of amides is 1. The zero-order valence-electron chi connectivity index (χ0n) is 20.3. The minimum atomic E-state index is -0.307. The fraction of sp³-hybridized carbons (Fsp3) is 0.222. The first-order chi connectivity index (χ1) is 17.4. The van der Waals surface area contributed by atoms with Gasteiger partial charge in [0.25, 0.3) is 0 Å². The molecule has 2 aromatic heterocycles. The van der Waals surface area contributed by atoms with Gasteiger partial charge in [-0.15, -0.1) is 0 Å². The maximum Gasteiger partial charge on any atom is 0.247 e. The van der Waals surface area contributed by atoms with Gasteiger partial charge >= 0.3 is 0 Å². The van der Waals surface area contributed by atoms with Gasteiger partial charge in [-0.05, 0) is 56.4 Å². The molecular weight excluding hydrogens is 457 g/mol. The standard InChI is InChI=1S/C27H28FN7O/c1-4-27(36)32-22-13-20(8-9-23(22)34(3)21-10-11-33(2)16-21)31-25-17-35-24(14-30-26(35)15-29-25)18-6-5-7-19(28)12-18/h4-9,12-15,17,21,31H,1,10-11,16H2,2-3H3,(H,32,36). The predicted molar refractivity (Wildman–Crippen MR) is 141 cm³/mol. The van der Waals surface area contributed by atoms with Gasteiger partial charge in [0.05, 0.1) is 35.7 Å². The van der Waals surface area contributed by atoms with E-state index in [-0.39, 0.29) is 11.7 Å². The Kier molecular flexibility index (Phi) is 6.39. The van der Waals surface area contributed by atoms with E-state index < -0.39 is 0 Å². The van der Waals surface area contributed by atoms with Gasteiger partial charge in [-0.2, -0.15) is 0 Å². The average Bonchev–Trinajstić information content (AvgIpc) is 3.50. The zero-order valence-corrected chi connectivity index (χ0v) is 20.3. The summed E-state index contributed by atoms with van der Waals surface area (Å²) < 4.78 is 15.7. The summed E-state index contributed by atoms with van der Waals surface area (Å²) in [7, 11) is 4.17. The molecule has 2 N–H and O–H groups in total. The topological polar surface area (TPSA) is 77.8 Å². The van der Waals surface area contributed by atoms with E-state index in [4.69, 9.17) is 0 Å². The molecule has 0 saturated carbocycles. The van der Waals surface area contributed by atoms with Gasteiger partial charge in [0, 0.05) is 30.9 Å². The number of imidazole rings is 1. The zero-order chi connectivity index (χ0) is 25.2. The van der Waals surface area contributed by atoms with E-state index in [2.05, 4.69) is 51.1 Å². The van der Waals surface area contributed by atoms with Crippen molar-refractivity contribution in [1.29, 1.82) is 0 Å². The first kappa shape index (κ1) is 23.5. The highest BCUT2D eigenvalue weighted by atomic mass is 19.1. The maximum atomic E-state index is 13.8. The minimum Gasteiger partial charge on any atom is -0.369 e. The molecule has 0 bridgehead atoms. The van der Waals surface area contributed by atoms with Crippen LogP contribution >= 0.6 is 0 Å². The Balaban J connectivity index is 1.45. The molecule has 1 atom stereocenters.